The number of hydrogen-bond donors (Lipinski definition) is 1. The third kappa shape index (κ3) is 2.08. The molecule has 1 N–H and O–H groups in total. The van der Waals surface area contributed by atoms with E-state index >= 15 is 0 Å². The van der Waals surface area contributed by atoms with E-state index in [0.717, 1.165) is 5.69 Å². The van der Waals surface area contributed by atoms with Crippen LogP contribution in [0.25, 0.3) is 0 Å². The van der Waals surface area contributed by atoms with Crippen molar-refractivity contribution in [3.05, 3.63) is 30.1 Å². The molecule has 0 bridgehead atoms. The van der Waals surface area contributed by atoms with Crippen molar-refractivity contribution in [3.63, 3.8) is 0 Å². The van der Waals surface area contributed by atoms with Crippen molar-refractivity contribution in [3.8, 4) is 0 Å². The highest BCUT2D eigenvalue weighted by molar-refractivity contribution is 5.97. The molecule has 1 aliphatic heterocycles. The molecule has 2 rings (SSSR count). The second-order valence-electron chi connectivity index (χ2n) is 4.61. The number of hydrogen-bond acceptors (Lipinski definition) is 3. The van der Waals surface area contributed by atoms with Gasteiger partial charge in [-0.05, 0) is 25.5 Å². The minimum atomic E-state index is -0.785. The van der Waals surface area contributed by atoms with E-state index in [1.54, 1.807) is 18.0 Å². The Hall–Kier alpha value is -1.91. The molecule has 5 nitrogen and oxygen atoms in total. The Kier molecular flexibility index (Phi) is 3.32. The van der Waals surface area contributed by atoms with Crippen LogP contribution in [0.1, 0.15) is 26.0 Å². The minimum Gasteiger partial charge on any atom is -0.345 e. The Balaban J connectivity index is 2.27. The zero-order valence-electron chi connectivity index (χ0n) is 10.6. The van der Waals surface area contributed by atoms with E-state index in [-0.39, 0.29) is 18.4 Å². The van der Waals surface area contributed by atoms with Crippen molar-refractivity contribution in [1.82, 2.24) is 15.2 Å². The Bertz CT molecular complexity index is 461. The highest BCUT2D eigenvalue weighted by Gasteiger charge is 2.44. The van der Waals surface area contributed by atoms with Gasteiger partial charge in [0, 0.05) is 6.20 Å². The number of rotatable bonds is 3. The first kappa shape index (κ1) is 12.5. The fraction of sp³-hybridized carbons (Fsp3) is 0.462. The largest absolute Gasteiger partial charge is 0.345 e. The highest BCUT2D eigenvalue weighted by atomic mass is 16.2. The predicted octanol–water partition coefficient (Wildman–Crippen LogP) is 0.709. The normalized spacial score (nSPS) is 24.0. The van der Waals surface area contributed by atoms with E-state index in [1.807, 2.05) is 25.1 Å². The molecule has 1 saturated heterocycles. The van der Waals surface area contributed by atoms with Gasteiger partial charge in [0.15, 0.2) is 0 Å². The minimum absolute atomic E-state index is 0.0652. The molecule has 2 amide bonds. The molecule has 0 radical (unpaired) electrons. The van der Waals surface area contributed by atoms with Crippen LogP contribution in [-0.2, 0) is 16.1 Å². The van der Waals surface area contributed by atoms with Gasteiger partial charge < -0.3 is 10.2 Å². The summed E-state index contributed by atoms with van der Waals surface area (Å²) in [5.41, 5.74) is 0.00701. The van der Waals surface area contributed by atoms with Crippen molar-refractivity contribution in [1.29, 1.82) is 0 Å². The van der Waals surface area contributed by atoms with Crippen molar-refractivity contribution in [2.45, 2.75) is 32.4 Å². The molecule has 5 heteroatoms. The van der Waals surface area contributed by atoms with Gasteiger partial charge in [-0.15, -0.1) is 0 Å². The molecule has 18 heavy (non-hydrogen) atoms. The molecule has 96 valence electrons. The van der Waals surface area contributed by atoms with Crippen LogP contribution in [-0.4, -0.2) is 33.8 Å². The van der Waals surface area contributed by atoms with Crippen molar-refractivity contribution in [2.75, 3.05) is 6.54 Å². The molecule has 1 fully saturated rings. The second kappa shape index (κ2) is 4.76. The van der Waals surface area contributed by atoms with Crippen LogP contribution in [0.3, 0.4) is 0 Å². The van der Waals surface area contributed by atoms with E-state index in [1.165, 1.54) is 0 Å². The van der Waals surface area contributed by atoms with Gasteiger partial charge in [0.05, 0.1) is 18.8 Å². The van der Waals surface area contributed by atoms with Gasteiger partial charge in [-0.2, -0.15) is 0 Å². The fourth-order valence-electron chi connectivity index (χ4n) is 2.11. The molecular weight excluding hydrogens is 230 g/mol. The Morgan fingerprint density at radius 3 is 2.83 bits per heavy atom. The average molecular weight is 247 g/mol. The molecule has 0 aromatic carbocycles. The SMILES string of the molecule is CCC1(C)C(=O)NCC(=O)N1Cc1ccccn1. The van der Waals surface area contributed by atoms with Gasteiger partial charge >= 0.3 is 0 Å². The third-order valence-electron chi connectivity index (χ3n) is 3.52. The predicted molar refractivity (Wildman–Crippen MR) is 66.5 cm³/mol. The number of nitrogens with zero attached hydrogens (tertiary/aromatic N) is 2. The summed E-state index contributed by atoms with van der Waals surface area (Å²) in [6.07, 6.45) is 2.27. The van der Waals surface area contributed by atoms with Gasteiger partial charge in [0.2, 0.25) is 11.8 Å². The number of carbonyl (C=O) groups is 2. The maximum atomic E-state index is 12.0. The summed E-state index contributed by atoms with van der Waals surface area (Å²) < 4.78 is 0. The molecule has 1 atom stereocenters. The highest BCUT2D eigenvalue weighted by Crippen LogP contribution is 2.24. The van der Waals surface area contributed by atoms with E-state index in [0.29, 0.717) is 13.0 Å². The summed E-state index contributed by atoms with van der Waals surface area (Å²) in [6.45, 7) is 4.14. The maximum absolute atomic E-state index is 12.0. The number of aromatic nitrogens is 1. The van der Waals surface area contributed by atoms with E-state index in [2.05, 4.69) is 10.3 Å². The molecule has 0 aliphatic carbocycles. The number of carbonyl (C=O) groups excluding carboxylic acids is 2. The van der Waals surface area contributed by atoms with Gasteiger partial charge in [-0.3, -0.25) is 14.6 Å². The van der Waals surface area contributed by atoms with Gasteiger partial charge in [-0.1, -0.05) is 13.0 Å². The molecule has 2 heterocycles. The van der Waals surface area contributed by atoms with E-state index in [9.17, 15) is 9.59 Å². The molecule has 1 unspecified atom stereocenters. The van der Waals surface area contributed by atoms with Crippen LogP contribution in [0.15, 0.2) is 24.4 Å². The number of nitrogens with one attached hydrogen (secondary N) is 1. The lowest BCUT2D eigenvalue weighted by molar-refractivity contribution is -0.153. The zero-order chi connectivity index (χ0) is 13.2. The summed E-state index contributed by atoms with van der Waals surface area (Å²) in [4.78, 5) is 29.8. The lowest BCUT2D eigenvalue weighted by Gasteiger charge is -2.42. The van der Waals surface area contributed by atoms with Crippen LogP contribution in [0.2, 0.25) is 0 Å². The number of piperazine rings is 1. The molecular formula is C13H17N3O2. The fourth-order valence-corrected chi connectivity index (χ4v) is 2.11. The van der Waals surface area contributed by atoms with Gasteiger partial charge in [0.1, 0.15) is 5.54 Å². The smallest absolute Gasteiger partial charge is 0.246 e. The van der Waals surface area contributed by atoms with Crippen LogP contribution in [0.5, 0.6) is 0 Å². The lowest BCUT2D eigenvalue weighted by Crippen LogP contribution is -2.65. The van der Waals surface area contributed by atoms with Crippen molar-refractivity contribution >= 4 is 11.8 Å². The van der Waals surface area contributed by atoms with Crippen LogP contribution < -0.4 is 5.32 Å². The molecule has 1 aromatic heterocycles. The monoisotopic (exact) mass is 247 g/mol. The summed E-state index contributed by atoms with van der Waals surface area (Å²) in [5, 5.41) is 2.64. The lowest BCUT2D eigenvalue weighted by atomic mass is 9.92. The first-order valence-electron chi connectivity index (χ1n) is 6.06. The first-order chi connectivity index (χ1) is 8.58. The molecule has 0 spiro atoms. The Morgan fingerprint density at radius 2 is 2.22 bits per heavy atom. The third-order valence-corrected chi connectivity index (χ3v) is 3.52. The Labute approximate surface area is 106 Å². The summed E-state index contributed by atoms with van der Waals surface area (Å²) in [5.74, 6) is -0.162. The summed E-state index contributed by atoms with van der Waals surface area (Å²) in [7, 11) is 0. The second-order valence-corrected chi connectivity index (χ2v) is 4.61. The van der Waals surface area contributed by atoms with Crippen LogP contribution in [0.4, 0.5) is 0 Å². The summed E-state index contributed by atoms with van der Waals surface area (Å²) in [6, 6.07) is 5.56. The average Bonchev–Trinajstić information content (AvgIpc) is 2.40. The van der Waals surface area contributed by atoms with Gasteiger partial charge in [0.25, 0.3) is 0 Å². The first-order valence-corrected chi connectivity index (χ1v) is 6.06. The van der Waals surface area contributed by atoms with E-state index in [4.69, 9.17) is 0 Å². The van der Waals surface area contributed by atoms with Crippen molar-refractivity contribution < 1.29 is 9.59 Å². The van der Waals surface area contributed by atoms with Crippen molar-refractivity contribution in [2.24, 2.45) is 0 Å². The van der Waals surface area contributed by atoms with Crippen LogP contribution >= 0.6 is 0 Å². The number of amides is 2. The van der Waals surface area contributed by atoms with Gasteiger partial charge in [-0.25, -0.2) is 0 Å². The van der Waals surface area contributed by atoms with Crippen LogP contribution in [0, 0.1) is 0 Å². The molecule has 1 aliphatic rings. The molecule has 1 aromatic rings. The number of pyridine rings is 1. The maximum Gasteiger partial charge on any atom is 0.246 e. The standard InChI is InChI=1S/C13H17N3O2/c1-3-13(2)12(18)15-8-11(17)16(13)9-10-6-4-5-7-14-10/h4-7H,3,8-9H2,1-2H3,(H,15,18). The summed E-state index contributed by atoms with van der Waals surface area (Å²) >= 11 is 0. The topological polar surface area (TPSA) is 62.3 Å². The zero-order valence-corrected chi connectivity index (χ0v) is 10.6. The quantitative estimate of drug-likeness (QED) is 0.855. The Morgan fingerprint density at radius 1 is 1.44 bits per heavy atom. The van der Waals surface area contributed by atoms with E-state index < -0.39 is 5.54 Å². The molecule has 0 saturated carbocycles.